The van der Waals surface area contributed by atoms with E-state index in [1.807, 2.05) is 0 Å². The fraction of sp³-hybridized carbons (Fsp3) is 0.455. The standard InChI is InChI=1S/C66H82S2Si2/c1-17-21-59(35-33-55-25-29-57(30-26-55)45-47-69(49(5)6,50(7)8)51(9)10)61(23-19-3)37-39-63-41-43-65(67-63)66-44-42-64(68-66)40-38-62(24-20-4)60(22-18-2)36-34-56-27-31-58(32-28-56)46-48-70(52(11)12,53(13)14)54(15)16/h25-32,41-44,49-54H,17-24H2,1-16H3. The molecule has 0 nitrogen and oxygen atoms in total. The van der Waals surface area contributed by atoms with Gasteiger partial charge >= 0.3 is 0 Å². The topological polar surface area (TPSA) is 0 Å². The van der Waals surface area contributed by atoms with Gasteiger partial charge in [-0.1, -0.05) is 196 Å². The van der Waals surface area contributed by atoms with E-state index in [2.05, 4.69) is 254 Å². The Hall–Kier alpha value is -4.89. The molecule has 0 saturated heterocycles. The fourth-order valence-corrected chi connectivity index (χ4v) is 22.6. The molecule has 0 aliphatic rings. The molecule has 0 aliphatic carbocycles. The molecule has 2 aromatic carbocycles. The Kier molecular flexibility index (Phi) is 23.3. The Bertz CT molecular complexity index is 2550. The van der Waals surface area contributed by atoms with Crippen LogP contribution in [0.5, 0.6) is 0 Å². The van der Waals surface area contributed by atoms with Gasteiger partial charge in [0.25, 0.3) is 0 Å². The maximum atomic E-state index is 3.86. The zero-order valence-corrected chi connectivity index (χ0v) is 49.5. The first-order valence-electron chi connectivity index (χ1n) is 26.4. The first-order chi connectivity index (χ1) is 33.4. The second-order valence-electron chi connectivity index (χ2n) is 20.7. The molecule has 0 radical (unpaired) electrons. The third-order valence-electron chi connectivity index (χ3n) is 13.9. The molecule has 2 aromatic heterocycles. The largest absolute Gasteiger partial charge is 0.146 e. The number of thiophene rings is 2. The van der Waals surface area contributed by atoms with Crippen molar-refractivity contribution in [1.29, 1.82) is 0 Å². The zero-order valence-electron chi connectivity index (χ0n) is 45.9. The van der Waals surface area contributed by atoms with Crippen molar-refractivity contribution < 1.29 is 0 Å². The zero-order chi connectivity index (χ0) is 51.4. The molecular weight excluding hydrogens is 913 g/mol. The van der Waals surface area contributed by atoms with Crippen molar-refractivity contribution in [2.75, 3.05) is 0 Å². The summed E-state index contributed by atoms with van der Waals surface area (Å²) < 4.78 is 0. The lowest BCUT2D eigenvalue weighted by atomic mass is 10.00. The monoisotopic (exact) mass is 995 g/mol. The quantitative estimate of drug-likeness (QED) is 0.0822. The van der Waals surface area contributed by atoms with Crippen molar-refractivity contribution >= 4 is 38.8 Å². The molecule has 0 fully saturated rings. The van der Waals surface area contributed by atoms with E-state index in [9.17, 15) is 0 Å². The van der Waals surface area contributed by atoms with Gasteiger partial charge in [-0.25, -0.2) is 0 Å². The summed E-state index contributed by atoms with van der Waals surface area (Å²) in [5, 5.41) is 0. The fourth-order valence-electron chi connectivity index (χ4n) is 10.3. The minimum absolute atomic E-state index is 0.615. The first-order valence-corrected chi connectivity index (χ1v) is 32.5. The summed E-state index contributed by atoms with van der Waals surface area (Å²) in [6.07, 6.45) is 7.79. The number of allylic oxidation sites excluding steroid dienone is 4. The van der Waals surface area contributed by atoms with Gasteiger partial charge in [0.05, 0.1) is 9.75 Å². The normalized spacial score (nSPS) is 12.1. The molecule has 4 aromatic rings. The van der Waals surface area contributed by atoms with Crippen LogP contribution in [0.25, 0.3) is 9.75 Å². The van der Waals surface area contributed by atoms with Crippen LogP contribution in [0.2, 0.25) is 33.2 Å². The smallest absolute Gasteiger partial charge is 0.126 e. The Morgan fingerprint density at radius 3 is 0.829 bits per heavy atom. The molecule has 0 N–H and O–H groups in total. The summed E-state index contributed by atoms with van der Waals surface area (Å²) >= 11 is 3.50. The Labute approximate surface area is 438 Å². The van der Waals surface area contributed by atoms with Crippen molar-refractivity contribution in [1.82, 2.24) is 0 Å². The molecule has 0 atom stereocenters. The lowest BCUT2D eigenvalue weighted by Gasteiger charge is -2.38. The Balaban J connectivity index is 1.55. The highest BCUT2D eigenvalue weighted by atomic mass is 32.1. The highest BCUT2D eigenvalue weighted by Crippen LogP contribution is 2.42. The van der Waals surface area contributed by atoms with Gasteiger partial charge in [-0.05, 0) is 132 Å². The molecular formula is C66H82S2Si2. The summed E-state index contributed by atoms with van der Waals surface area (Å²) in [7, 11) is -3.57. The van der Waals surface area contributed by atoms with Gasteiger partial charge in [-0.2, -0.15) is 0 Å². The van der Waals surface area contributed by atoms with Crippen LogP contribution < -0.4 is 0 Å². The predicted octanol–water partition coefficient (Wildman–Crippen LogP) is 19.2. The third kappa shape index (κ3) is 15.6. The lowest BCUT2D eigenvalue weighted by Crippen LogP contribution is -2.43. The summed E-state index contributed by atoms with van der Waals surface area (Å²) in [5.41, 5.74) is 20.2. The highest BCUT2D eigenvalue weighted by Gasteiger charge is 2.42. The molecule has 0 bridgehead atoms. The van der Waals surface area contributed by atoms with Crippen molar-refractivity contribution in [3.05, 3.63) is 127 Å². The molecule has 4 heteroatoms. The van der Waals surface area contributed by atoms with E-state index in [1.165, 1.54) is 9.75 Å². The molecule has 0 aliphatic heterocycles. The van der Waals surface area contributed by atoms with E-state index < -0.39 is 16.1 Å². The van der Waals surface area contributed by atoms with E-state index in [1.54, 1.807) is 22.7 Å². The van der Waals surface area contributed by atoms with Crippen molar-refractivity contribution in [2.45, 2.75) is 195 Å². The van der Waals surface area contributed by atoms with Crippen LogP contribution >= 0.6 is 22.7 Å². The van der Waals surface area contributed by atoms with E-state index >= 15 is 0 Å². The molecule has 366 valence electrons. The minimum atomic E-state index is -1.79. The molecule has 0 saturated carbocycles. The SMILES string of the molecule is CCCC(C#Cc1ccc(C#C[Si](C(C)C)(C(C)C)C(C)C)cc1)=C(C#Cc1ccc(-c2ccc(C#CC(CCC)=C(C#Cc3ccc(C#C[Si](C(C)C)(C(C)C)C(C)C)cc3)CCC)s2)s1)CCC. The molecule has 2 heterocycles. The van der Waals surface area contributed by atoms with Gasteiger partial charge in [-0.3, -0.25) is 0 Å². The van der Waals surface area contributed by atoms with E-state index in [4.69, 9.17) is 0 Å². The van der Waals surface area contributed by atoms with Crippen LogP contribution in [0.4, 0.5) is 0 Å². The summed E-state index contributed by atoms with van der Waals surface area (Å²) in [5.74, 6) is 35.5. The van der Waals surface area contributed by atoms with Gasteiger partial charge in [-0.15, -0.1) is 33.8 Å². The Morgan fingerprint density at radius 2 is 0.586 bits per heavy atom. The molecule has 0 unspecified atom stereocenters. The van der Waals surface area contributed by atoms with E-state index in [0.717, 1.165) is 106 Å². The number of benzene rings is 2. The average molecular weight is 996 g/mol. The van der Waals surface area contributed by atoms with Crippen LogP contribution in [-0.4, -0.2) is 16.1 Å². The van der Waals surface area contributed by atoms with Gasteiger partial charge in [0.1, 0.15) is 16.1 Å². The van der Waals surface area contributed by atoms with Crippen molar-refractivity contribution in [3.63, 3.8) is 0 Å². The third-order valence-corrected chi connectivity index (χ3v) is 28.7. The maximum absolute atomic E-state index is 3.86. The van der Waals surface area contributed by atoms with Crippen LogP contribution in [-0.2, 0) is 0 Å². The maximum Gasteiger partial charge on any atom is 0.146 e. The van der Waals surface area contributed by atoms with Gasteiger partial charge in [0.2, 0.25) is 0 Å². The predicted molar refractivity (Wildman–Crippen MR) is 318 cm³/mol. The second kappa shape index (κ2) is 28.2. The molecule has 0 spiro atoms. The second-order valence-corrected chi connectivity index (χ2v) is 34.0. The van der Waals surface area contributed by atoms with Crippen molar-refractivity contribution in [3.8, 4) is 80.0 Å². The highest BCUT2D eigenvalue weighted by molar-refractivity contribution is 7.22. The van der Waals surface area contributed by atoms with Crippen LogP contribution in [0.3, 0.4) is 0 Å². The number of hydrogen-bond acceptors (Lipinski definition) is 2. The summed E-state index contributed by atoms with van der Waals surface area (Å²) in [6.45, 7) is 37.3. The Morgan fingerprint density at radius 1 is 0.343 bits per heavy atom. The first kappa shape index (κ1) is 57.7. The van der Waals surface area contributed by atoms with Crippen LogP contribution in [0, 0.1) is 70.3 Å². The summed E-state index contributed by atoms with van der Waals surface area (Å²) in [6, 6.07) is 25.8. The van der Waals surface area contributed by atoms with Gasteiger partial charge in [0, 0.05) is 54.3 Å². The van der Waals surface area contributed by atoms with E-state index in [-0.39, 0.29) is 0 Å². The lowest BCUT2D eigenvalue weighted by molar-refractivity contribution is 0.838. The van der Waals surface area contributed by atoms with Crippen LogP contribution in [0.1, 0.15) is 194 Å². The minimum Gasteiger partial charge on any atom is -0.126 e. The van der Waals surface area contributed by atoms with Gasteiger partial charge in [0.15, 0.2) is 0 Å². The number of rotatable bonds is 15. The van der Waals surface area contributed by atoms with Crippen molar-refractivity contribution in [2.24, 2.45) is 0 Å². The molecule has 70 heavy (non-hydrogen) atoms. The van der Waals surface area contributed by atoms with Gasteiger partial charge < -0.3 is 0 Å². The van der Waals surface area contributed by atoms with E-state index in [0.29, 0.717) is 33.2 Å². The molecule has 0 amide bonds. The average Bonchev–Trinajstić information content (AvgIpc) is 4.00. The molecule has 4 rings (SSSR count). The summed E-state index contributed by atoms with van der Waals surface area (Å²) in [4.78, 5) is 4.57. The number of hydrogen-bond donors (Lipinski definition) is 0. The van der Waals surface area contributed by atoms with Crippen LogP contribution in [0.15, 0.2) is 95.1 Å².